The maximum absolute atomic E-state index is 9.33. The van der Waals surface area contributed by atoms with E-state index in [1.54, 1.807) is 0 Å². The first-order chi connectivity index (χ1) is 9.36. The number of hydrogen-bond donors (Lipinski definition) is 2. The Morgan fingerprint density at radius 1 is 1.11 bits per heavy atom. The predicted octanol–water partition coefficient (Wildman–Crippen LogP) is 3.06. The van der Waals surface area contributed by atoms with Gasteiger partial charge in [0.2, 0.25) is 0 Å². The maximum Gasteiger partial charge on any atom is 0.126 e. The normalized spacial score (nSPS) is 22.8. The topological polar surface area (TPSA) is 45.1 Å². The number of aromatic nitrogens is 1. The molecule has 1 aromatic carbocycles. The number of pyridine rings is 1. The average molecular weight is 256 g/mol. The van der Waals surface area contributed by atoms with Gasteiger partial charge in [-0.15, -0.1) is 0 Å². The molecule has 3 rings (SSSR count). The number of anilines is 1. The third-order valence-corrected chi connectivity index (χ3v) is 4.19. The number of aliphatic hydroxyl groups excluding tert-OH is 1. The van der Waals surface area contributed by atoms with E-state index in [4.69, 9.17) is 0 Å². The second-order valence-corrected chi connectivity index (χ2v) is 5.40. The first-order valence-corrected chi connectivity index (χ1v) is 7.07. The lowest BCUT2D eigenvalue weighted by molar-refractivity contribution is 0.199. The van der Waals surface area contributed by atoms with Crippen molar-refractivity contribution in [1.29, 1.82) is 0 Å². The lowest BCUT2D eigenvalue weighted by atomic mass is 9.97. The van der Waals surface area contributed by atoms with Crippen molar-refractivity contribution in [2.75, 3.05) is 18.5 Å². The summed E-state index contributed by atoms with van der Waals surface area (Å²) in [5.41, 5.74) is 1.03. The molecule has 3 heteroatoms. The van der Waals surface area contributed by atoms with Gasteiger partial charge in [0.25, 0.3) is 0 Å². The zero-order valence-corrected chi connectivity index (χ0v) is 11.0. The Balaban J connectivity index is 1.68. The fraction of sp³-hybridized carbons (Fsp3) is 0.438. The quantitative estimate of drug-likeness (QED) is 0.883. The number of aliphatic hydroxyl groups is 1. The Hall–Kier alpha value is -1.61. The van der Waals surface area contributed by atoms with Crippen LogP contribution in [0, 0.1) is 11.8 Å². The van der Waals surface area contributed by atoms with Crippen molar-refractivity contribution < 1.29 is 5.11 Å². The van der Waals surface area contributed by atoms with Gasteiger partial charge in [0, 0.05) is 18.5 Å². The molecule has 1 heterocycles. The van der Waals surface area contributed by atoms with Crippen LogP contribution >= 0.6 is 0 Å². The zero-order valence-electron chi connectivity index (χ0n) is 11.0. The second-order valence-electron chi connectivity index (χ2n) is 5.40. The third-order valence-electron chi connectivity index (χ3n) is 4.19. The Bertz CT molecular complexity index is 555. The van der Waals surface area contributed by atoms with Crippen LogP contribution < -0.4 is 5.32 Å². The summed E-state index contributed by atoms with van der Waals surface area (Å²) in [6, 6.07) is 12.3. The van der Waals surface area contributed by atoms with E-state index in [1.807, 2.05) is 24.3 Å². The highest BCUT2D eigenvalue weighted by atomic mass is 16.3. The molecule has 2 aromatic rings. The molecule has 0 radical (unpaired) electrons. The zero-order chi connectivity index (χ0) is 13.1. The molecule has 1 fully saturated rings. The van der Waals surface area contributed by atoms with Crippen LogP contribution in [0.4, 0.5) is 5.82 Å². The van der Waals surface area contributed by atoms with E-state index in [1.165, 1.54) is 18.2 Å². The van der Waals surface area contributed by atoms with Crippen molar-refractivity contribution in [3.8, 4) is 0 Å². The minimum absolute atomic E-state index is 0.317. The van der Waals surface area contributed by atoms with E-state index in [9.17, 15) is 5.11 Å². The number of nitrogens with zero attached hydrogens (tertiary/aromatic N) is 1. The van der Waals surface area contributed by atoms with E-state index in [2.05, 4.69) is 22.4 Å². The molecule has 2 N–H and O–H groups in total. The van der Waals surface area contributed by atoms with Crippen molar-refractivity contribution in [2.24, 2.45) is 11.8 Å². The summed E-state index contributed by atoms with van der Waals surface area (Å²) in [4.78, 5) is 4.61. The van der Waals surface area contributed by atoms with Crippen LogP contribution in [-0.4, -0.2) is 23.2 Å². The van der Waals surface area contributed by atoms with Gasteiger partial charge in [-0.1, -0.05) is 24.6 Å². The molecular formula is C16H20N2O. The first kappa shape index (κ1) is 12.4. The molecule has 0 bridgehead atoms. The molecular weight excluding hydrogens is 236 g/mol. The van der Waals surface area contributed by atoms with Gasteiger partial charge < -0.3 is 10.4 Å². The van der Waals surface area contributed by atoms with Crippen LogP contribution in [0.25, 0.3) is 10.9 Å². The van der Waals surface area contributed by atoms with Gasteiger partial charge in [0.1, 0.15) is 5.82 Å². The monoisotopic (exact) mass is 256 g/mol. The Labute approximate surface area is 113 Å². The SMILES string of the molecule is OCC1CCCC1CNc1ccc2ccccc2n1. The largest absolute Gasteiger partial charge is 0.396 e. The van der Waals surface area contributed by atoms with Gasteiger partial charge in [0.15, 0.2) is 0 Å². The molecule has 1 aliphatic carbocycles. The Morgan fingerprint density at radius 3 is 2.84 bits per heavy atom. The Morgan fingerprint density at radius 2 is 1.95 bits per heavy atom. The number of nitrogens with one attached hydrogen (secondary N) is 1. The predicted molar refractivity (Wildman–Crippen MR) is 78.1 cm³/mol. The molecule has 0 saturated heterocycles. The molecule has 0 amide bonds. The molecule has 1 aliphatic rings. The van der Waals surface area contributed by atoms with Crippen LogP contribution in [0.15, 0.2) is 36.4 Å². The summed E-state index contributed by atoms with van der Waals surface area (Å²) in [5.74, 6) is 1.98. The summed E-state index contributed by atoms with van der Waals surface area (Å²) in [6.07, 6.45) is 3.61. The molecule has 3 nitrogen and oxygen atoms in total. The fourth-order valence-electron chi connectivity index (χ4n) is 3.02. The van der Waals surface area contributed by atoms with Crippen molar-refractivity contribution in [1.82, 2.24) is 4.98 Å². The van der Waals surface area contributed by atoms with Crippen molar-refractivity contribution in [3.05, 3.63) is 36.4 Å². The fourth-order valence-corrected chi connectivity index (χ4v) is 3.02. The molecule has 1 aromatic heterocycles. The van der Waals surface area contributed by atoms with Gasteiger partial charge in [-0.05, 0) is 42.9 Å². The highest BCUT2D eigenvalue weighted by molar-refractivity contribution is 5.79. The van der Waals surface area contributed by atoms with Crippen LogP contribution in [0.2, 0.25) is 0 Å². The minimum Gasteiger partial charge on any atom is -0.396 e. The molecule has 1 saturated carbocycles. The number of rotatable bonds is 4. The average Bonchev–Trinajstić information content (AvgIpc) is 2.92. The number of benzene rings is 1. The number of fused-ring (bicyclic) bond motifs is 1. The van der Waals surface area contributed by atoms with E-state index in [0.717, 1.165) is 24.3 Å². The maximum atomic E-state index is 9.33. The van der Waals surface area contributed by atoms with Gasteiger partial charge in [-0.3, -0.25) is 0 Å². The van der Waals surface area contributed by atoms with E-state index >= 15 is 0 Å². The van der Waals surface area contributed by atoms with Crippen molar-refractivity contribution >= 4 is 16.7 Å². The van der Waals surface area contributed by atoms with Crippen molar-refractivity contribution in [2.45, 2.75) is 19.3 Å². The second kappa shape index (κ2) is 5.57. The highest BCUT2D eigenvalue weighted by Crippen LogP contribution is 2.31. The summed E-state index contributed by atoms with van der Waals surface area (Å²) < 4.78 is 0. The minimum atomic E-state index is 0.317. The van der Waals surface area contributed by atoms with Gasteiger partial charge >= 0.3 is 0 Å². The molecule has 2 atom stereocenters. The molecule has 0 aliphatic heterocycles. The lowest BCUT2D eigenvalue weighted by Gasteiger charge is -2.18. The first-order valence-electron chi connectivity index (χ1n) is 7.07. The number of hydrogen-bond acceptors (Lipinski definition) is 3. The summed E-state index contributed by atoms with van der Waals surface area (Å²) in [7, 11) is 0. The smallest absolute Gasteiger partial charge is 0.126 e. The van der Waals surface area contributed by atoms with Gasteiger partial charge in [-0.25, -0.2) is 4.98 Å². The number of para-hydroxylation sites is 1. The molecule has 100 valence electrons. The van der Waals surface area contributed by atoms with Crippen LogP contribution in [0.5, 0.6) is 0 Å². The molecule has 0 spiro atoms. The van der Waals surface area contributed by atoms with E-state index in [-0.39, 0.29) is 0 Å². The third kappa shape index (κ3) is 2.71. The van der Waals surface area contributed by atoms with Crippen LogP contribution in [0.3, 0.4) is 0 Å². The molecule has 19 heavy (non-hydrogen) atoms. The highest BCUT2D eigenvalue weighted by Gasteiger charge is 2.26. The van der Waals surface area contributed by atoms with E-state index < -0.39 is 0 Å². The van der Waals surface area contributed by atoms with E-state index in [0.29, 0.717) is 18.4 Å². The Kier molecular flexibility index (Phi) is 3.65. The standard InChI is InChI=1S/C16H20N2O/c19-11-14-6-3-5-13(14)10-17-16-9-8-12-4-1-2-7-15(12)18-16/h1-2,4,7-9,13-14,19H,3,5-6,10-11H2,(H,17,18). The molecule has 2 unspecified atom stereocenters. The summed E-state index contributed by atoms with van der Waals surface area (Å²) >= 11 is 0. The van der Waals surface area contributed by atoms with Crippen LogP contribution in [-0.2, 0) is 0 Å². The van der Waals surface area contributed by atoms with Gasteiger partial charge in [-0.2, -0.15) is 0 Å². The summed E-state index contributed by atoms with van der Waals surface area (Å²) in [5, 5.41) is 13.9. The van der Waals surface area contributed by atoms with Gasteiger partial charge in [0.05, 0.1) is 5.52 Å². The lowest BCUT2D eigenvalue weighted by Crippen LogP contribution is -2.21. The summed E-state index contributed by atoms with van der Waals surface area (Å²) in [6.45, 7) is 1.23. The van der Waals surface area contributed by atoms with Crippen LogP contribution in [0.1, 0.15) is 19.3 Å². The van der Waals surface area contributed by atoms with Crippen molar-refractivity contribution in [3.63, 3.8) is 0 Å².